The van der Waals surface area contributed by atoms with Crippen molar-refractivity contribution in [2.75, 3.05) is 26.2 Å². The summed E-state index contributed by atoms with van der Waals surface area (Å²) in [6.07, 6.45) is 11.9. The second-order valence-corrected chi connectivity index (χ2v) is 8.12. The van der Waals surface area contributed by atoms with Crippen LogP contribution in [0.4, 0.5) is 0 Å². The highest BCUT2D eigenvalue weighted by Crippen LogP contribution is 2.23. The van der Waals surface area contributed by atoms with Crippen LogP contribution in [-0.4, -0.2) is 57.7 Å². The number of nitrogens with one attached hydrogen (secondary N) is 1. The summed E-state index contributed by atoms with van der Waals surface area (Å²) in [6.45, 7) is 4.55. The zero-order chi connectivity index (χ0) is 19.9. The van der Waals surface area contributed by atoms with Crippen LogP contribution in [0.5, 0.6) is 0 Å². The molecule has 0 saturated carbocycles. The summed E-state index contributed by atoms with van der Waals surface area (Å²) < 4.78 is 7.62. The molecule has 0 radical (unpaired) electrons. The van der Waals surface area contributed by atoms with Gasteiger partial charge in [0.25, 0.3) is 0 Å². The zero-order valence-electron chi connectivity index (χ0n) is 17.0. The monoisotopic (exact) mass is 397 g/mol. The Bertz CT molecular complexity index is 765. The normalized spacial score (nSPS) is 20.8. The largest absolute Gasteiger partial charge is 0.376 e. The van der Waals surface area contributed by atoms with Crippen LogP contribution in [0.1, 0.15) is 44.2 Å². The Morgan fingerprint density at radius 2 is 2.00 bits per heavy atom. The van der Waals surface area contributed by atoms with Gasteiger partial charge in [0.2, 0.25) is 11.9 Å². The molecule has 7 nitrogen and oxygen atoms in total. The van der Waals surface area contributed by atoms with Gasteiger partial charge in [0.1, 0.15) is 0 Å². The van der Waals surface area contributed by atoms with Crippen molar-refractivity contribution in [1.82, 2.24) is 24.8 Å². The van der Waals surface area contributed by atoms with Crippen LogP contribution in [0.25, 0.3) is 5.95 Å². The van der Waals surface area contributed by atoms with E-state index in [0.717, 1.165) is 64.3 Å². The fraction of sp³-hybridized carbons (Fsp3) is 0.591. The average molecular weight is 398 g/mol. The van der Waals surface area contributed by atoms with Crippen molar-refractivity contribution >= 4 is 5.91 Å². The van der Waals surface area contributed by atoms with E-state index in [9.17, 15) is 4.79 Å². The van der Waals surface area contributed by atoms with E-state index in [1.807, 2.05) is 18.3 Å². The first kappa shape index (κ1) is 20.0. The maximum absolute atomic E-state index is 12.1. The van der Waals surface area contributed by atoms with E-state index in [2.05, 4.69) is 30.8 Å². The molecule has 2 aromatic rings. The standard InChI is InChI=1S/C22H31N5O2/c28-21(25-16-20-5-2-15-29-20)7-6-18-8-13-26(14-9-18)17-19-4-1-12-27(19)22-23-10-3-11-24-22/h1,3-4,10-12,18,20H,2,5-9,13-17H2,(H,25,28)/t20-/m1/s1. The molecule has 29 heavy (non-hydrogen) atoms. The number of carbonyl (C=O) groups excluding carboxylic acids is 1. The van der Waals surface area contributed by atoms with Crippen LogP contribution in [0, 0.1) is 5.92 Å². The third kappa shape index (κ3) is 5.64. The molecule has 4 rings (SSSR count). The molecule has 4 heterocycles. The highest BCUT2D eigenvalue weighted by atomic mass is 16.5. The zero-order valence-corrected chi connectivity index (χ0v) is 17.0. The summed E-state index contributed by atoms with van der Waals surface area (Å²) in [5.74, 6) is 1.53. The maximum Gasteiger partial charge on any atom is 0.233 e. The third-order valence-electron chi connectivity index (χ3n) is 6.02. The number of aromatic nitrogens is 3. The molecule has 0 aliphatic carbocycles. The summed E-state index contributed by atoms with van der Waals surface area (Å²) in [6, 6.07) is 6.02. The first-order valence-corrected chi connectivity index (χ1v) is 10.8. The van der Waals surface area contributed by atoms with E-state index in [4.69, 9.17) is 4.74 Å². The summed E-state index contributed by atoms with van der Waals surface area (Å²) in [5, 5.41) is 3.04. The van der Waals surface area contributed by atoms with Crippen molar-refractivity contribution in [3.05, 3.63) is 42.5 Å². The highest BCUT2D eigenvalue weighted by Gasteiger charge is 2.22. The van der Waals surface area contributed by atoms with Gasteiger partial charge in [0, 0.05) is 50.4 Å². The molecule has 7 heteroatoms. The summed E-state index contributed by atoms with van der Waals surface area (Å²) in [5.41, 5.74) is 1.21. The minimum absolute atomic E-state index is 0.170. The van der Waals surface area contributed by atoms with Crippen LogP contribution in [-0.2, 0) is 16.1 Å². The predicted octanol–water partition coefficient (Wildman–Crippen LogP) is 2.55. The van der Waals surface area contributed by atoms with Gasteiger partial charge in [-0.3, -0.25) is 14.3 Å². The quantitative estimate of drug-likeness (QED) is 0.741. The van der Waals surface area contributed by atoms with Gasteiger partial charge in [-0.15, -0.1) is 0 Å². The van der Waals surface area contributed by atoms with E-state index >= 15 is 0 Å². The van der Waals surface area contributed by atoms with Gasteiger partial charge in [-0.2, -0.15) is 0 Å². The first-order valence-electron chi connectivity index (χ1n) is 10.8. The second-order valence-electron chi connectivity index (χ2n) is 8.12. The van der Waals surface area contributed by atoms with Gasteiger partial charge >= 0.3 is 0 Å². The second kappa shape index (κ2) is 9.98. The average Bonchev–Trinajstić information content (AvgIpc) is 3.44. The number of hydrogen-bond donors (Lipinski definition) is 1. The number of likely N-dealkylation sites (tertiary alicyclic amines) is 1. The number of carbonyl (C=O) groups is 1. The van der Waals surface area contributed by atoms with E-state index < -0.39 is 0 Å². The molecule has 0 unspecified atom stereocenters. The fourth-order valence-corrected chi connectivity index (χ4v) is 4.27. The van der Waals surface area contributed by atoms with Crippen LogP contribution in [0.3, 0.4) is 0 Å². The predicted molar refractivity (Wildman–Crippen MR) is 111 cm³/mol. The molecule has 2 aliphatic rings. The van der Waals surface area contributed by atoms with Crippen LogP contribution < -0.4 is 5.32 Å². The van der Waals surface area contributed by atoms with Gasteiger partial charge in [-0.1, -0.05) is 0 Å². The Balaban J connectivity index is 1.17. The molecule has 1 amide bonds. The molecule has 1 N–H and O–H groups in total. The molecule has 2 saturated heterocycles. The van der Waals surface area contributed by atoms with Gasteiger partial charge in [0.15, 0.2) is 0 Å². The van der Waals surface area contributed by atoms with Crippen molar-refractivity contribution in [3.8, 4) is 5.95 Å². The van der Waals surface area contributed by atoms with Gasteiger partial charge in [-0.25, -0.2) is 9.97 Å². The van der Waals surface area contributed by atoms with Gasteiger partial charge in [0.05, 0.1) is 6.10 Å². The number of nitrogens with zero attached hydrogens (tertiary/aromatic N) is 4. The number of hydrogen-bond acceptors (Lipinski definition) is 5. The maximum atomic E-state index is 12.1. The SMILES string of the molecule is O=C(CCC1CCN(Cc2cccn2-c2ncccn2)CC1)NC[C@H]1CCCO1. The fourth-order valence-electron chi connectivity index (χ4n) is 4.27. The number of amides is 1. The third-order valence-corrected chi connectivity index (χ3v) is 6.02. The van der Waals surface area contributed by atoms with Crippen LogP contribution in [0.2, 0.25) is 0 Å². The lowest BCUT2D eigenvalue weighted by molar-refractivity contribution is -0.122. The molecule has 2 aromatic heterocycles. The van der Waals surface area contributed by atoms with Crippen molar-refractivity contribution in [2.24, 2.45) is 5.92 Å². The van der Waals surface area contributed by atoms with Crippen molar-refractivity contribution in [2.45, 2.75) is 51.2 Å². The van der Waals surface area contributed by atoms with Gasteiger partial charge < -0.3 is 10.1 Å². The Labute approximate surface area is 172 Å². The van der Waals surface area contributed by atoms with E-state index in [-0.39, 0.29) is 12.0 Å². The van der Waals surface area contributed by atoms with Crippen molar-refractivity contribution in [1.29, 1.82) is 0 Å². The highest BCUT2D eigenvalue weighted by molar-refractivity contribution is 5.75. The number of ether oxygens (including phenoxy) is 1. The number of piperidine rings is 1. The lowest BCUT2D eigenvalue weighted by atomic mass is 9.92. The minimum Gasteiger partial charge on any atom is -0.376 e. The van der Waals surface area contributed by atoms with E-state index in [1.54, 1.807) is 12.4 Å². The molecule has 1 atom stereocenters. The number of rotatable bonds is 8. The Kier molecular flexibility index (Phi) is 6.90. The summed E-state index contributed by atoms with van der Waals surface area (Å²) in [7, 11) is 0. The Hall–Kier alpha value is -2.25. The van der Waals surface area contributed by atoms with Crippen molar-refractivity contribution in [3.63, 3.8) is 0 Å². The van der Waals surface area contributed by atoms with Crippen LogP contribution >= 0.6 is 0 Å². The van der Waals surface area contributed by atoms with Gasteiger partial charge in [-0.05, 0) is 69.3 Å². The molecule has 0 aromatic carbocycles. The molecule has 0 bridgehead atoms. The summed E-state index contributed by atoms with van der Waals surface area (Å²) in [4.78, 5) is 23.3. The topological polar surface area (TPSA) is 72.3 Å². The van der Waals surface area contributed by atoms with Crippen molar-refractivity contribution < 1.29 is 9.53 Å². The first-order chi connectivity index (χ1) is 14.3. The summed E-state index contributed by atoms with van der Waals surface area (Å²) >= 11 is 0. The van der Waals surface area contributed by atoms with E-state index in [1.165, 1.54) is 5.69 Å². The molecule has 2 aliphatic heterocycles. The Morgan fingerprint density at radius 1 is 1.17 bits per heavy atom. The van der Waals surface area contributed by atoms with E-state index in [0.29, 0.717) is 18.9 Å². The van der Waals surface area contributed by atoms with Crippen LogP contribution in [0.15, 0.2) is 36.8 Å². The Morgan fingerprint density at radius 3 is 2.76 bits per heavy atom. The molecule has 156 valence electrons. The molecule has 2 fully saturated rings. The molecule has 0 spiro atoms. The smallest absolute Gasteiger partial charge is 0.233 e. The lowest BCUT2D eigenvalue weighted by Gasteiger charge is -2.32. The molecular weight excluding hydrogens is 366 g/mol. The minimum atomic E-state index is 0.170. The lowest BCUT2D eigenvalue weighted by Crippen LogP contribution is -2.35. The molecular formula is C22H31N5O2.